The number of benzene rings is 1. The highest BCUT2D eigenvalue weighted by atomic mass is 79.9. The predicted molar refractivity (Wildman–Crippen MR) is 81.6 cm³/mol. The van der Waals surface area contributed by atoms with Crippen molar-refractivity contribution in [2.45, 2.75) is 26.2 Å². The first-order valence-electron chi connectivity index (χ1n) is 6.50. The van der Waals surface area contributed by atoms with Gasteiger partial charge in [-0.2, -0.15) is 0 Å². The number of rotatable bonds is 3. The number of H-pyrrole nitrogens is 1. The highest BCUT2D eigenvalue weighted by Gasteiger charge is 2.14. The van der Waals surface area contributed by atoms with Gasteiger partial charge in [-0.05, 0) is 46.1 Å². The molecule has 0 saturated carbocycles. The van der Waals surface area contributed by atoms with Crippen LogP contribution in [0.15, 0.2) is 22.8 Å². The predicted octanol–water partition coefficient (Wildman–Crippen LogP) is 3.20. The molecule has 0 saturated heterocycles. The number of fused-ring (bicyclic) bond motifs is 3. The summed E-state index contributed by atoms with van der Waals surface area (Å²) in [6, 6.07) is 6.47. The Balaban J connectivity index is 2.24. The number of nitrogens with two attached hydrogens (primary N) is 1. The minimum Gasteiger partial charge on any atom is -0.330 e. The van der Waals surface area contributed by atoms with E-state index in [1.54, 1.807) is 0 Å². The molecule has 0 spiro atoms. The van der Waals surface area contributed by atoms with E-state index in [9.17, 15) is 0 Å². The van der Waals surface area contributed by atoms with Crippen molar-refractivity contribution in [1.82, 2.24) is 14.4 Å². The number of nitrogens with one attached hydrogen (secondary N) is 1. The third kappa shape index (κ3) is 1.97. The summed E-state index contributed by atoms with van der Waals surface area (Å²) in [7, 11) is 0. The molecule has 0 aliphatic heterocycles. The van der Waals surface area contributed by atoms with Crippen molar-refractivity contribution in [2.75, 3.05) is 6.54 Å². The summed E-state index contributed by atoms with van der Waals surface area (Å²) in [5.41, 5.74) is 10.2. The van der Waals surface area contributed by atoms with Gasteiger partial charge in [0, 0.05) is 6.42 Å². The lowest BCUT2D eigenvalue weighted by molar-refractivity contribution is 0.868. The summed E-state index contributed by atoms with van der Waals surface area (Å²) in [6.07, 6.45) is 0.815. The number of imidazole rings is 2. The highest BCUT2D eigenvalue weighted by Crippen LogP contribution is 2.27. The Kier molecular flexibility index (Phi) is 3.11. The van der Waals surface area contributed by atoms with Crippen LogP contribution in [0.2, 0.25) is 0 Å². The van der Waals surface area contributed by atoms with Gasteiger partial charge >= 0.3 is 0 Å². The zero-order chi connectivity index (χ0) is 13.6. The van der Waals surface area contributed by atoms with E-state index in [0.29, 0.717) is 12.5 Å². The lowest BCUT2D eigenvalue weighted by atomic mass is 10.0. The topological polar surface area (TPSA) is 59.1 Å². The number of aromatic nitrogens is 3. The van der Waals surface area contributed by atoms with Crippen LogP contribution in [0.4, 0.5) is 0 Å². The molecule has 0 atom stereocenters. The second-order valence-electron chi connectivity index (χ2n) is 5.11. The van der Waals surface area contributed by atoms with Gasteiger partial charge in [0.15, 0.2) is 0 Å². The van der Waals surface area contributed by atoms with Crippen LogP contribution in [0.5, 0.6) is 0 Å². The second kappa shape index (κ2) is 4.65. The van der Waals surface area contributed by atoms with Crippen molar-refractivity contribution < 1.29 is 0 Å². The van der Waals surface area contributed by atoms with Gasteiger partial charge in [-0.25, -0.2) is 4.98 Å². The molecule has 100 valence electrons. The first-order valence-corrected chi connectivity index (χ1v) is 7.29. The van der Waals surface area contributed by atoms with Crippen molar-refractivity contribution in [1.29, 1.82) is 0 Å². The fourth-order valence-electron chi connectivity index (χ4n) is 2.37. The van der Waals surface area contributed by atoms with Gasteiger partial charge in [0.05, 0.1) is 16.7 Å². The molecule has 3 rings (SSSR count). The molecular formula is C14H17BrN4. The summed E-state index contributed by atoms with van der Waals surface area (Å²) in [5.74, 6) is 1.38. The number of halogens is 1. The molecule has 0 aliphatic carbocycles. The van der Waals surface area contributed by atoms with E-state index in [4.69, 9.17) is 5.73 Å². The van der Waals surface area contributed by atoms with Gasteiger partial charge < -0.3 is 10.7 Å². The first-order chi connectivity index (χ1) is 9.11. The van der Waals surface area contributed by atoms with Crippen molar-refractivity contribution in [2.24, 2.45) is 5.73 Å². The lowest BCUT2D eigenvalue weighted by Gasteiger charge is -2.04. The van der Waals surface area contributed by atoms with E-state index < -0.39 is 0 Å². The largest absolute Gasteiger partial charge is 0.330 e. The van der Waals surface area contributed by atoms with E-state index in [1.165, 1.54) is 5.56 Å². The van der Waals surface area contributed by atoms with Gasteiger partial charge in [-0.1, -0.05) is 19.9 Å². The van der Waals surface area contributed by atoms with Crippen molar-refractivity contribution in [3.05, 3.63) is 34.1 Å². The maximum absolute atomic E-state index is 5.62. The number of aromatic amines is 1. The quantitative estimate of drug-likeness (QED) is 0.778. The highest BCUT2D eigenvalue weighted by molar-refractivity contribution is 9.10. The molecule has 0 aliphatic rings. The van der Waals surface area contributed by atoms with Crippen LogP contribution in [0.1, 0.15) is 31.0 Å². The van der Waals surface area contributed by atoms with E-state index in [2.05, 4.69) is 62.3 Å². The van der Waals surface area contributed by atoms with Crippen molar-refractivity contribution in [3.63, 3.8) is 0 Å². The van der Waals surface area contributed by atoms with Crippen LogP contribution in [-0.2, 0) is 6.42 Å². The average molecular weight is 321 g/mol. The molecule has 3 N–H and O–H groups in total. The molecule has 3 aromatic rings. The monoisotopic (exact) mass is 320 g/mol. The smallest absolute Gasteiger partial charge is 0.213 e. The SMILES string of the molecule is CC(C)c1ccc2c(c1)nc1[nH]c(CCN)c(Br)n12. The van der Waals surface area contributed by atoms with E-state index >= 15 is 0 Å². The maximum Gasteiger partial charge on any atom is 0.213 e. The second-order valence-corrected chi connectivity index (χ2v) is 5.86. The molecule has 1 aromatic carbocycles. The van der Waals surface area contributed by atoms with E-state index in [0.717, 1.165) is 33.5 Å². The normalized spacial score (nSPS) is 12.1. The van der Waals surface area contributed by atoms with Crippen LogP contribution in [0, 0.1) is 0 Å². The average Bonchev–Trinajstić information content (AvgIpc) is 2.87. The van der Waals surface area contributed by atoms with Crippen molar-refractivity contribution in [3.8, 4) is 0 Å². The standard InChI is InChI=1S/C14H17BrN4/c1-8(2)9-3-4-12-11(7-9)18-14-17-10(5-6-16)13(15)19(12)14/h3-4,7-8H,5-6,16H2,1-2H3,(H,17,18). The Hall–Kier alpha value is -1.33. The van der Waals surface area contributed by atoms with E-state index in [-0.39, 0.29) is 0 Å². The fourth-order valence-corrected chi connectivity index (χ4v) is 3.03. The molecule has 0 bridgehead atoms. The molecule has 19 heavy (non-hydrogen) atoms. The zero-order valence-electron chi connectivity index (χ0n) is 11.1. The fraction of sp³-hybridized carbons (Fsp3) is 0.357. The third-order valence-electron chi connectivity index (χ3n) is 3.45. The van der Waals surface area contributed by atoms with Crippen LogP contribution in [0.3, 0.4) is 0 Å². The van der Waals surface area contributed by atoms with E-state index in [1.807, 2.05) is 0 Å². The van der Waals surface area contributed by atoms with Gasteiger partial charge in [-0.15, -0.1) is 0 Å². The number of hydrogen-bond donors (Lipinski definition) is 2. The molecule has 4 nitrogen and oxygen atoms in total. The Morgan fingerprint density at radius 1 is 1.42 bits per heavy atom. The van der Waals surface area contributed by atoms with Crippen LogP contribution >= 0.6 is 15.9 Å². The molecule has 5 heteroatoms. The Morgan fingerprint density at radius 3 is 2.89 bits per heavy atom. The zero-order valence-corrected chi connectivity index (χ0v) is 12.7. The molecule has 2 aromatic heterocycles. The Labute approximate surface area is 120 Å². The maximum atomic E-state index is 5.62. The molecule has 0 amide bonds. The van der Waals surface area contributed by atoms with Gasteiger partial charge in [-0.3, -0.25) is 4.40 Å². The summed E-state index contributed by atoms with van der Waals surface area (Å²) >= 11 is 3.64. The summed E-state index contributed by atoms with van der Waals surface area (Å²) in [6.45, 7) is 5.01. The molecular weight excluding hydrogens is 304 g/mol. The van der Waals surface area contributed by atoms with Crippen molar-refractivity contribution >= 4 is 32.7 Å². The molecule has 2 heterocycles. The van der Waals surface area contributed by atoms with Gasteiger partial charge in [0.1, 0.15) is 4.60 Å². The van der Waals surface area contributed by atoms with Crippen LogP contribution in [-0.4, -0.2) is 20.9 Å². The van der Waals surface area contributed by atoms with Gasteiger partial charge in [0.25, 0.3) is 0 Å². The number of nitrogens with zero attached hydrogens (tertiary/aromatic N) is 2. The Morgan fingerprint density at radius 2 is 2.21 bits per heavy atom. The minimum atomic E-state index is 0.515. The minimum absolute atomic E-state index is 0.515. The third-order valence-corrected chi connectivity index (χ3v) is 4.28. The molecule has 0 fully saturated rings. The number of hydrogen-bond acceptors (Lipinski definition) is 2. The summed E-state index contributed by atoms with van der Waals surface area (Å²) in [4.78, 5) is 7.99. The lowest BCUT2D eigenvalue weighted by Crippen LogP contribution is -2.03. The summed E-state index contributed by atoms with van der Waals surface area (Å²) < 4.78 is 3.12. The molecule has 0 unspecified atom stereocenters. The first kappa shape index (κ1) is 12.7. The van der Waals surface area contributed by atoms with Crippen LogP contribution in [0.25, 0.3) is 16.8 Å². The molecule has 0 radical (unpaired) electrons. The Bertz CT molecular complexity index is 739. The summed E-state index contributed by atoms with van der Waals surface area (Å²) in [5, 5.41) is 0. The van der Waals surface area contributed by atoms with Gasteiger partial charge in [0.2, 0.25) is 5.78 Å². The van der Waals surface area contributed by atoms with Crippen LogP contribution < -0.4 is 5.73 Å².